The summed E-state index contributed by atoms with van der Waals surface area (Å²) in [6.07, 6.45) is -3.20. The van der Waals surface area contributed by atoms with Crippen molar-refractivity contribution in [1.29, 1.82) is 0 Å². The summed E-state index contributed by atoms with van der Waals surface area (Å²) in [7, 11) is 0. The summed E-state index contributed by atoms with van der Waals surface area (Å²) in [5.41, 5.74) is 0.312. The highest BCUT2D eigenvalue weighted by Gasteiger charge is 2.30. The van der Waals surface area contributed by atoms with Crippen LogP contribution < -0.4 is 5.32 Å². The van der Waals surface area contributed by atoms with Gasteiger partial charge in [-0.2, -0.15) is 22.8 Å². The largest absolute Gasteiger partial charge is 0.493 e. The maximum Gasteiger partial charge on any atom is 0.416 e. The predicted octanol–water partition coefficient (Wildman–Crippen LogP) is 2.69. The van der Waals surface area contributed by atoms with Gasteiger partial charge in [0.25, 0.3) is 5.91 Å². The molecular weight excluding hydrogens is 337 g/mol. The fourth-order valence-electron chi connectivity index (χ4n) is 2.36. The molecule has 0 radical (unpaired) electrons. The Morgan fingerprint density at radius 2 is 2.08 bits per heavy atom. The Kier molecular flexibility index (Phi) is 4.07. The monoisotopic (exact) mass is 350 g/mol. The molecule has 130 valence electrons. The summed E-state index contributed by atoms with van der Waals surface area (Å²) in [6, 6.07) is 6.10. The Bertz CT molecular complexity index is 950. The van der Waals surface area contributed by atoms with Crippen LogP contribution in [-0.4, -0.2) is 25.6 Å². The van der Waals surface area contributed by atoms with E-state index >= 15 is 0 Å². The molecule has 0 aliphatic rings. The molecule has 25 heavy (non-hydrogen) atoms. The number of aryl methyl sites for hydroxylation is 1. The first-order valence-corrected chi connectivity index (χ1v) is 7.24. The van der Waals surface area contributed by atoms with Crippen LogP contribution in [0, 0.1) is 6.92 Å². The lowest BCUT2D eigenvalue weighted by atomic mass is 10.1. The van der Waals surface area contributed by atoms with Gasteiger partial charge in [-0.15, -0.1) is 0 Å². The molecule has 0 atom stereocenters. The van der Waals surface area contributed by atoms with Crippen LogP contribution >= 0.6 is 0 Å². The van der Waals surface area contributed by atoms with Crippen LogP contribution in [0.2, 0.25) is 0 Å². The molecule has 0 saturated carbocycles. The van der Waals surface area contributed by atoms with Gasteiger partial charge in [0.05, 0.1) is 11.8 Å². The molecule has 0 aliphatic heterocycles. The first-order valence-electron chi connectivity index (χ1n) is 7.24. The van der Waals surface area contributed by atoms with E-state index in [9.17, 15) is 23.1 Å². The van der Waals surface area contributed by atoms with Gasteiger partial charge in [-0.1, -0.05) is 12.1 Å². The van der Waals surface area contributed by atoms with E-state index in [1.54, 1.807) is 6.92 Å². The van der Waals surface area contributed by atoms with Crippen LogP contribution in [0.5, 0.6) is 5.88 Å². The zero-order valence-corrected chi connectivity index (χ0v) is 13.0. The average Bonchev–Trinajstić information content (AvgIpc) is 2.96. The van der Waals surface area contributed by atoms with E-state index in [1.807, 2.05) is 0 Å². The highest BCUT2D eigenvalue weighted by Crippen LogP contribution is 2.29. The van der Waals surface area contributed by atoms with Gasteiger partial charge in [-0.3, -0.25) is 4.79 Å². The maximum absolute atomic E-state index is 12.7. The number of alkyl halides is 3. The van der Waals surface area contributed by atoms with Crippen LogP contribution in [0.4, 0.5) is 13.2 Å². The van der Waals surface area contributed by atoms with Crippen molar-refractivity contribution in [3.63, 3.8) is 0 Å². The number of carbonyl (C=O) groups is 1. The van der Waals surface area contributed by atoms with Crippen molar-refractivity contribution in [2.75, 3.05) is 0 Å². The smallest absolute Gasteiger partial charge is 0.416 e. The van der Waals surface area contributed by atoms with Crippen LogP contribution in [0.25, 0.3) is 5.65 Å². The van der Waals surface area contributed by atoms with Gasteiger partial charge < -0.3 is 10.4 Å². The van der Waals surface area contributed by atoms with Crippen molar-refractivity contribution in [1.82, 2.24) is 19.9 Å². The summed E-state index contributed by atoms with van der Waals surface area (Å²) < 4.78 is 39.2. The van der Waals surface area contributed by atoms with E-state index in [0.717, 1.165) is 16.6 Å². The zero-order chi connectivity index (χ0) is 18.2. The van der Waals surface area contributed by atoms with Gasteiger partial charge in [0.2, 0.25) is 5.88 Å². The second kappa shape index (κ2) is 6.08. The summed E-state index contributed by atoms with van der Waals surface area (Å²) in [5, 5.41) is 16.2. The number of nitrogens with zero attached hydrogens (tertiary/aromatic N) is 3. The second-order valence-corrected chi connectivity index (χ2v) is 5.43. The van der Waals surface area contributed by atoms with Gasteiger partial charge in [-0.05, 0) is 24.6 Å². The number of carbonyl (C=O) groups excluding carboxylic acids is 1. The minimum Gasteiger partial charge on any atom is -0.493 e. The Morgan fingerprint density at radius 3 is 2.80 bits per heavy atom. The Hall–Kier alpha value is -3.10. The van der Waals surface area contributed by atoms with Crippen LogP contribution in [-0.2, 0) is 12.7 Å². The Labute approximate surface area is 139 Å². The first kappa shape index (κ1) is 16.7. The van der Waals surface area contributed by atoms with Crippen molar-refractivity contribution >= 4 is 11.6 Å². The highest BCUT2D eigenvalue weighted by atomic mass is 19.4. The third-order valence-corrected chi connectivity index (χ3v) is 3.53. The molecule has 6 nitrogen and oxygen atoms in total. The standard InChI is InChI=1S/C16H13F3N4O2/c1-9-5-13(24)23-14(22-9)12(8-21-23)15(25)20-7-10-3-2-4-11(6-10)16(17,18)19/h2-6,8,24H,7H2,1H3,(H,20,25). The number of amides is 1. The molecule has 2 N–H and O–H groups in total. The van der Waals surface area contributed by atoms with Gasteiger partial charge in [0.1, 0.15) is 5.56 Å². The minimum absolute atomic E-state index is 0.0854. The number of benzene rings is 1. The second-order valence-electron chi connectivity index (χ2n) is 5.43. The molecule has 9 heteroatoms. The van der Waals surface area contributed by atoms with Gasteiger partial charge >= 0.3 is 6.18 Å². The summed E-state index contributed by atoms with van der Waals surface area (Å²) >= 11 is 0. The van der Waals surface area contributed by atoms with Gasteiger partial charge in [0.15, 0.2) is 5.65 Å². The summed E-state index contributed by atoms with van der Waals surface area (Å²) in [5.74, 6) is -0.718. The van der Waals surface area contributed by atoms with E-state index in [0.29, 0.717) is 11.3 Å². The van der Waals surface area contributed by atoms with Crippen molar-refractivity contribution in [3.8, 4) is 5.88 Å². The van der Waals surface area contributed by atoms with E-state index in [-0.39, 0.29) is 23.6 Å². The SMILES string of the molecule is Cc1cc(O)n2ncc(C(=O)NCc3cccc(C(F)(F)F)c3)c2n1. The minimum atomic E-state index is -4.44. The molecule has 0 bridgehead atoms. The summed E-state index contributed by atoms with van der Waals surface area (Å²) in [6.45, 7) is 1.56. The Balaban J connectivity index is 1.80. The van der Waals surface area contributed by atoms with Crippen molar-refractivity contribution < 1.29 is 23.1 Å². The van der Waals surface area contributed by atoms with E-state index in [4.69, 9.17) is 0 Å². The number of hydrogen-bond acceptors (Lipinski definition) is 4. The molecule has 1 aromatic carbocycles. The normalized spacial score (nSPS) is 11.7. The molecule has 0 fully saturated rings. The third kappa shape index (κ3) is 3.39. The fraction of sp³-hybridized carbons (Fsp3) is 0.188. The molecule has 0 saturated heterocycles. The predicted molar refractivity (Wildman–Crippen MR) is 82.0 cm³/mol. The molecule has 1 amide bonds. The van der Waals surface area contributed by atoms with Crippen molar-refractivity contribution in [3.05, 3.63) is 58.9 Å². The molecule has 0 spiro atoms. The van der Waals surface area contributed by atoms with Crippen LogP contribution in [0.3, 0.4) is 0 Å². The number of aromatic nitrogens is 3. The molecule has 3 aromatic rings. The molecule has 0 unspecified atom stereocenters. The lowest BCUT2D eigenvalue weighted by Crippen LogP contribution is -2.23. The maximum atomic E-state index is 12.7. The number of hydrogen-bond donors (Lipinski definition) is 2. The van der Waals surface area contributed by atoms with Crippen LogP contribution in [0.1, 0.15) is 27.2 Å². The quantitative estimate of drug-likeness (QED) is 0.761. The number of nitrogens with one attached hydrogen (secondary N) is 1. The van der Waals surface area contributed by atoms with E-state index < -0.39 is 17.6 Å². The molecule has 2 aromatic heterocycles. The van der Waals surface area contributed by atoms with E-state index in [2.05, 4.69) is 15.4 Å². The number of halogens is 3. The zero-order valence-electron chi connectivity index (χ0n) is 13.0. The number of fused-ring (bicyclic) bond motifs is 1. The summed E-state index contributed by atoms with van der Waals surface area (Å²) in [4.78, 5) is 16.4. The van der Waals surface area contributed by atoms with Crippen molar-refractivity contribution in [2.24, 2.45) is 0 Å². The topological polar surface area (TPSA) is 79.5 Å². The highest BCUT2D eigenvalue weighted by molar-refractivity contribution is 5.99. The molecule has 2 heterocycles. The van der Waals surface area contributed by atoms with E-state index in [1.165, 1.54) is 24.4 Å². The Morgan fingerprint density at radius 1 is 1.32 bits per heavy atom. The fourth-order valence-corrected chi connectivity index (χ4v) is 2.36. The molecular formula is C16H13F3N4O2. The van der Waals surface area contributed by atoms with Gasteiger partial charge in [-0.25, -0.2) is 4.98 Å². The first-order chi connectivity index (χ1) is 11.8. The molecule has 3 rings (SSSR count). The van der Waals surface area contributed by atoms with Gasteiger partial charge in [0, 0.05) is 18.3 Å². The third-order valence-electron chi connectivity index (χ3n) is 3.53. The lowest BCUT2D eigenvalue weighted by molar-refractivity contribution is -0.137. The lowest BCUT2D eigenvalue weighted by Gasteiger charge is -2.09. The van der Waals surface area contributed by atoms with Crippen molar-refractivity contribution in [2.45, 2.75) is 19.6 Å². The van der Waals surface area contributed by atoms with Crippen LogP contribution in [0.15, 0.2) is 36.5 Å². The number of rotatable bonds is 3. The number of aromatic hydroxyl groups is 1. The molecule has 0 aliphatic carbocycles. The average molecular weight is 350 g/mol.